The van der Waals surface area contributed by atoms with E-state index in [9.17, 15) is 16.8 Å². The summed E-state index contributed by atoms with van der Waals surface area (Å²) in [5.41, 5.74) is 3.01. The highest BCUT2D eigenvalue weighted by Gasteiger charge is 2.28. The molecule has 0 amide bonds. The van der Waals surface area contributed by atoms with Gasteiger partial charge in [0.05, 0.1) is 9.79 Å². The van der Waals surface area contributed by atoms with Crippen molar-refractivity contribution in [2.45, 2.75) is 29.7 Å². The van der Waals surface area contributed by atoms with Crippen molar-refractivity contribution in [2.75, 3.05) is 11.3 Å². The second-order valence-electron chi connectivity index (χ2n) is 7.45. The van der Waals surface area contributed by atoms with Crippen LogP contribution in [-0.4, -0.2) is 27.7 Å². The zero-order valence-electron chi connectivity index (χ0n) is 16.7. The minimum atomic E-state index is -3.75. The summed E-state index contributed by atoms with van der Waals surface area (Å²) >= 11 is 5.87. The van der Waals surface area contributed by atoms with E-state index in [-0.39, 0.29) is 16.3 Å². The Bertz CT molecular complexity index is 1340. The summed E-state index contributed by atoms with van der Waals surface area (Å²) in [4.78, 5) is 0.355. The molecule has 1 heterocycles. The lowest BCUT2D eigenvalue weighted by Gasteiger charge is -2.28. The Hall–Kier alpha value is -2.39. The van der Waals surface area contributed by atoms with Crippen molar-refractivity contribution < 1.29 is 16.8 Å². The highest BCUT2D eigenvalue weighted by atomic mass is 35.5. The molecule has 0 spiro atoms. The van der Waals surface area contributed by atoms with Gasteiger partial charge >= 0.3 is 0 Å². The van der Waals surface area contributed by atoms with Gasteiger partial charge in [0.25, 0.3) is 10.0 Å². The summed E-state index contributed by atoms with van der Waals surface area (Å²) in [6.45, 7) is 2.35. The third-order valence-corrected chi connectivity index (χ3v) is 8.68. The van der Waals surface area contributed by atoms with E-state index in [1.165, 1.54) is 22.5 Å². The van der Waals surface area contributed by atoms with E-state index >= 15 is 0 Å². The molecule has 0 radical (unpaired) electrons. The first-order valence-electron chi connectivity index (χ1n) is 9.62. The van der Waals surface area contributed by atoms with Crippen LogP contribution in [0.15, 0.2) is 76.5 Å². The minimum Gasteiger partial charge on any atom is -0.280 e. The first-order chi connectivity index (χ1) is 14.6. The fourth-order valence-electron chi connectivity index (χ4n) is 3.55. The van der Waals surface area contributed by atoms with Gasteiger partial charge in [-0.05, 0) is 78.6 Å². The van der Waals surface area contributed by atoms with Crippen molar-refractivity contribution in [1.29, 1.82) is 0 Å². The van der Waals surface area contributed by atoms with Gasteiger partial charge in [-0.25, -0.2) is 16.8 Å². The van der Waals surface area contributed by atoms with Crippen LogP contribution in [0, 0.1) is 6.92 Å². The Morgan fingerprint density at radius 1 is 0.871 bits per heavy atom. The molecule has 0 atom stereocenters. The van der Waals surface area contributed by atoms with Crippen LogP contribution in [0.3, 0.4) is 0 Å². The zero-order chi connectivity index (χ0) is 22.2. The highest BCUT2D eigenvalue weighted by molar-refractivity contribution is 7.92. The van der Waals surface area contributed by atoms with Crippen molar-refractivity contribution in [1.82, 2.24) is 4.31 Å². The molecular weight excluding hydrogens is 456 g/mol. The summed E-state index contributed by atoms with van der Waals surface area (Å²) in [5, 5.41) is 0.466. The number of halogens is 1. The molecule has 9 heteroatoms. The number of sulfonamides is 2. The number of anilines is 1. The van der Waals surface area contributed by atoms with Gasteiger partial charge in [-0.15, -0.1) is 0 Å². The Balaban J connectivity index is 1.59. The smallest absolute Gasteiger partial charge is 0.261 e. The quantitative estimate of drug-likeness (QED) is 0.598. The standard InChI is InChI=1S/C22H21ClN2O4S2/c1-16-3-2-4-22(13-16)30(26,27)24-20-8-5-17-11-12-25(15-18(17)14-20)31(28,29)21-9-6-19(23)7-10-21/h2-10,13-14,24H,11-12,15H2,1H3. The zero-order valence-corrected chi connectivity index (χ0v) is 19.1. The number of benzene rings is 3. The summed E-state index contributed by atoms with van der Waals surface area (Å²) in [6.07, 6.45) is 0.549. The van der Waals surface area contributed by atoms with Crippen molar-refractivity contribution >= 4 is 37.3 Å². The number of fused-ring (bicyclic) bond motifs is 1. The predicted molar refractivity (Wildman–Crippen MR) is 121 cm³/mol. The fourth-order valence-corrected chi connectivity index (χ4v) is 6.25. The van der Waals surface area contributed by atoms with Crippen molar-refractivity contribution in [3.8, 4) is 0 Å². The Kier molecular flexibility index (Phi) is 5.83. The molecule has 31 heavy (non-hydrogen) atoms. The van der Waals surface area contributed by atoms with E-state index in [2.05, 4.69) is 4.72 Å². The van der Waals surface area contributed by atoms with E-state index < -0.39 is 20.0 Å². The van der Waals surface area contributed by atoms with Crippen LogP contribution < -0.4 is 4.72 Å². The number of nitrogens with zero attached hydrogens (tertiary/aromatic N) is 1. The van der Waals surface area contributed by atoms with Crippen molar-refractivity contribution in [2.24, 2.45) is 0 Å². The van der Waals surface area contributed by atoms with E-state index in [4.69, 9.17) is 11.6 Å². The molecule has 0 fully saturated rings. The van der Waals surface area contributed by atoms with Crippen molar-refractivity contribution in [3.05, 3.63) is 88.4 Å². The lowest BCUT2D eigenvalue weighted by Crippen LogP contribution is -2.36. The van der Waals surface area contributed by atoms with Gasteiger partial charge in [0.15, 0.2) is 0 Å². The summed E-state index contributed by atoms with van der Waals surface area (Å²) < 4.78 is 55.5. The van der Waals surface area contributed by atoms with Gasteiger partial charge in [-0.1, -0.05) is 29.8 Å². The molecule has 162 valence electrons. The average molecular weight is 477 g/mol. The van der Waals surface area contributed by atoms with Gasteiger partial charge in [0.2, 0.25) is 10.0 Å². The second-order valence-corrected chi connectivity index (χ2v) is 11.5. The van der Waals surface area contributed by atoms with Gasteiger partial charge in [0.1, 0.15) is 0 Å². The van der Waals surface area contributed by atoms with Crippen LogP contribution in [-0.2, 0) is 33.0 Å². The van der Waals surface area contributed by atoms with Gasteiger partial charge in [-0.2, -0.15) is 4.31 Å². The van der Waals surface area contributed by atoms with E-state index in [1.54, 1.807) is 36.4 Å². The Morgan fingerprint density at radius 3 is 2.32 bits per heavy atom. The molecule has 0 bridgehead atoms. The molecule has 0 aliphatic carbocycles. The maximum absolute atomic E-state index is 13.0. The van der Waals surface area contributed by atoms with Crippen molar-refractivity contribution in [3.63, 3.8) is 0 Å². The molecular formula is C22H21ClN2O4S2. The van der Waals surface area contributed by atoms with Gasteiger partial charge in [-0.3, -0.25) is 4.72 Å². The normalized spacial score (nSPS) is 14.8. The average Bonchev–Trinajstić information content (AvgIpc) is 2.73. The number of nitrogens with one attached hydrogen (secondary N) is 1. The fraction of sp³-hybridized carbons (Fsp3) is 0.182. The SMILES string of the molecule is Cc1cccc(S(=O)(=O)Nc2ccc3c(c2)CN(S(=O)(=O)c2ccc(Cl)cc2)CC3)c1. The molecule has 3 aromatic rings. The molecule has 3 aromatic carbocycles. The Morgan fingerprint density at radius 2 is 1.61 bits per heavy atom. The topological polar surface area (TPSA) is 83.6 Å². The molecule has 0 aromatic heterocycles. The van der Waals surface area contributed by atoms with Gasteiger partial charge in [0, 0.05) is 23.8 Å². The molecule has 1 aliphatic rings. The van der Waals surface area contributed by atoms with E-state index in [1.807, 2.05) is 19.1 Å². The lowest BCUT2D eigenvalue weighted by molar-refractivity contribution is 0.391. The number of hydrogen-bond acceptors (Lipinski definition) is 4. The second kappa shape index (κ2) is 8.27. The lowest BCUT2D eigenvalue weighted by atomic mass is 10.0. The molecule has 6 nitrogen and oxygen atoms in total. The third kappa shape index (κ3) is 4.62. The highest BCUT2D eigenvalue weighted by Crippen LogP contribution is 2.28. The molecule has 0 saturated carbocycles. The van der Waals surface area contributed by atoms with E-state index in [0.29, 0.717) is 23.7 Å². The molecule has 1 N–H and O–H groups in total. The first-order valence-corrected chi connectivity index (χ1v) is 12.9. The number of aryl methyl sites for hydroxylation is 1. The largest absolute Gasteiger partial charge is 0.280 e. The summed E-state index contributed by atoms with van der Waals surface area (Å²) in [7, 11) is -7.43. The molecule has 1 aliphatic heterocycles. The monoisotopic (exact) mass is 476 g/mol. The van der Waals surface area contributed by atoms with Crippen LogP contribution in [0.1, 0.15) is 16.7 Å². The van der Waals surface area contributed by atoms with Gasteiger partial charge < -0.3 is 0 Å². The minimum absolute atomic E-state index is 0.167. The maximum atomic E-state index is 13.0. The van der Waals surface area contributed by atoms with Crippen LogP contribution in [0.25, 0.3) is 0 Å². The first kappa shape index (κ1) is 21.8. The van der Waals surface area contributed by atoms with Crippen LogP contribution in [0.4, 0.5) is 5.69 Å². The molecule has 0 saturated heterocycles. The van der Waals surface area contributed by atoms with Crippen LogP contribution >= 0.6 is 11.6 Å². The maximum Gasteiger partial charge on any atom is 0.261 e. The van der Waals surface area contributed by atoms with Crippen LogP contribution in [0.5, 0.6) is 0 Å². The molecule has 4 rings (SSSR count). The summed E-state index contributed by atoms with van der Waals surface area (Å²) in [5.74, 6) is 0. The van der Waals surface area contributed by atoms with E-state index in [0.717, 1.165) is 16.7 Å². The van der Waals surface area contributed by atoms with Crippen LogP contribution in [0.2, 0.25) is 5.02 Å². The number of hydrogen-bond donors (Lipinski definition) is 1. The third-order valence-electron chi connectivity index (χ3n) is 5.19. The predicted octanol–water partition coefficient (Wildman–Crippen LogP) is 4.20. The summed E-state index contributed by atoms with van der Waals surface area (Å²) in [6, 6.07) is 18.0. The Labute approximate surface area is 187 Å². The number of rotatable bonds is 5. The molecule has 0 unspecified atom stereocenters.